The molecular weight excluding hydrogens is 557 g/mol. The molecule has 0 unspecified atom stereocenters. The minimum Gasteiger partial charge on any atom is -0.366 e. The van der Waals surface area contributed by atoms with E-state index in [1.807, 2.05) is 24.3 Å². The molecule has 0 radical (unpaired) electrons. The number of hydrogen-bond acceptors (Lipinski definition) is 5. The second-order valence-electron chi connectivity index (χ2n) is 10.4. The molecule has 0 aliphatic carbocycles. The summed E-state index contributed by atoms with van der Waals surface area (Å²) < 4.78 is 46.1. The molecule has 8 nitrogen and oxygen atoms in total. The number of para-hydroxylation sites is 2. The third kappa shape index (κ3) is 5.49. The van der Waals surface area contributed by atoms with Gasteiger partial charge in [-0.05, 0) is 66.9 Å². The molecule has 0 bridgehead atoms. The number of nitrogens with zero attached hydrogens (tertiary/aromatic N) is 5. The van der Waals surface area contributed by atoms with Crippen molar-refractivity contribution in [2.24, 2.45) is 5.73 Å². The summed E-state index contributed by atoms with van der Waals surface area (Å²) in [5.74, 6) is -2.92. The summed E-state index contributed by atoms with van der Waals surface area (Å²) >= 11 is 0. The lowest BCUT2D eigenvalue weighted by Gasteiger charge is -2.20. The second-order valence-corrected chi connectivity index (χ2v) is 10.4. The van der Waals surface area contributed by atoms with E-state index >= 15 is 0 Å². The molecule has 6 rings (SSSR count). The fourth-order valence-corrected chi connectivity index (χ4v) is 5.54. The Morgan fingerprint density at radius 1 is 0.930 bits per heavy atom. The summed E-state index contributed by atoms with van der Waals surface area (Å²) in [7, 11) is 0. The van der Waals surface area contributed by atoms with Gasteiger partial charge >= 0.3 is 0 Å². The predicted octanol–water partition coefficient (Wildman–Crippen LogP) is 5.56. The number of primary amides is 1. The van der Waals surface area contributed by atoms with Crippen molar-refractivity contribution in [1.82, 2.24) is 24.1 Å². The number of Topliss-reactive ketones (excluding diaryl/α,β-unsaturated/α-hetero) is 1. The topological polar surface area (TPSA) is 108 Å². The van der Waals surface area contributed by atoms with Crippen molar-refractivity contribution in [1.29, 1.82) is 0 Å². The molecule has 0 saturated heterocycles. The first kappa shape index (κ1) is 27.8. The van der Waals surface area contributed by atoms with Gasteiger partial charge in [-0.3, -0.25) is 14.6 Å². The first-order chi connectivity index (χ1) is 20.7. The number of nitrogens with two attached hydrogens (primary N) is 1. The first-order valence-electron chi connectivity index (χ1n) is 13.5. The average Bonchev–Trinajstić information content (AvgIpc) is 3.48. The number of ketones is 1. The number of aromatic nitrogens is 5. The Balaban J connectivity index is 1.41. The number of carbonyl (C=O) groups excluding carboxylic acids is 2. The van der Waals surface area contributed by atoms with Crippen molar-refractivity contribution in [2.45, 2.75) is 32.2 Å². The molecule has 0 fully saturated rings. The number of carbonyl (C=O) groups is 2. The molecule has 3 heterocycles. The van der Waals surface area contributed by atoms with Crippen LogP contribution < -0.4 is 5.73 Å². The number of imidazole rings is 1. The van der Waals surface area contributed by atoms with Crippen molar-refractivity contribution < 1.29 is 22.8 Å². The van der Waals surface area contributed by atoms with Crippen molar-refractivity contribution in [3.8, 4) is 11.1 Å². The summed E-state index contributed by atoms with van der Waals surface area (Å²) in [6.45, 7) is 1.73. The summed E-state index contributed by atoms with van der Waals surface area (Å²) in [5, 5.41) is 4.45. The quantitative estimate of drug-likeness (QED) is 0.240. The highest BCUT2D eigenvalue weighted by atomic mass is 19.1. The molecule has 3 aromatic carbocycles. The number of rotatable bonds is 9. The molecule has 1 atom stereocenters. The third-order valence-electron chi connectivity index (χ3n) is 7.32. The van der Waals surface area contributed by atoms with Gasteiger partial charge in [-0.15, -0.1) is 5.10 Å². The molecule has 43 heavy (non-hydrogen) atoms. The minimum absolute atomic E-state index is 0.0340. The van der Waals surface area contributed by atoms with Gasteiger partial charge in [-0.1, -0.05) is 24.3 Å². The Bertz CT molecular complexity index is 2010. The minimum atomic E-state index is -0.930. The van der Waals surface area contributed by atoms with Gasteiger partial charge in [-0.25, -0.2) is 13.2 Å². The summed E-state index contributed by atoms with van der Waals surface area (Å²) in [6.07, 6.45) is 1.58. The van der Waals surface area contributed by atoms with Crippen LogP contribution in [0.1, 0.15) is 39.8 Å². The van der Waals surface area contributed by atoms with Crippen LogP contribution in [0.2, 0.25) is 0 Å². The van der Waals surface area contributed by atoms with Gasteiger partial charge in [0.05, 0.1) is 28.8 Å². The zero-order valence-corrected chi connectivity index (χ0v) is 23.0. The summed E-state index contributed by atoms with van der Waals surface area (Å²) in [6, 6.07) is 18.1. The van der Waals surface area contributed by atoms with Gasteiger partial charge in [0.15, 0.2) is 5.78 Å². The van der Waals surface area contributed by atoms with E-state index in [0.717, 1.165) is 23.2 Å². The van der Waals surface area contributed by atoms with E-state index in [2.05, 4.69) is 15.1 Å². The van der Waals surface area contributed by atoms with Gasteiger partial charge in [0.1, 0.15) is 23.3 Å². The standard InChI is InChI=1S/C32H25F3N6O2/c1-18-38-32-40(28-6-2-3-7-29(28)41(32)39-18)17-24(42)14-21(11-19-12-22(33)16-23(34)13-19)30-25(5-4-10-37-30)20-8-9-27(35)26(15-20)31(36)43/h2-10,12-13,15-16,21H,11,14,17H2,1H3,(H2,36,43)/t21-/m1/s1. The smallest absolute Gasteiger partial charge is 0.251 e. The van der Waals surface area contributed by atoms with Crippen LogP contribution in [0.25, 0.3) is 27.9 Å². The van der Waals surface area contributed by atoms with Crippen LogP contribution in [0.5, 0.6) is 0 Å². The predicted molar refractivity (Wildman–Crippen MR) is 154 cm³/mol. The van der Waals surface area contributed by atoms with Crippen LogP contribution in [-0.2, 0) is 17.8 Å². The molecule has 11 heteroatoms. The molecule has 0 aliphatic heterocycles. The maximum Gasteiger partial charge on any atom is 0.251 e. The molecule has 0 spiro atoms. The lowest BCUT2D eigenvalue weighted by molar-refractivity contribution is -0.119. The molecule has 6 aromatic rings. The number of benzene rings is 3. The normalized spacial score (nSPS) is 12.2. The van der Waals surface area contributed by atoms with Crippen molar-refractivity contribution in [3.05, 3.63) is 119 Å². The van der Waals surface area contributed by atoms with E-state index in [0.29, 0.717) is 34.0 Å². The summed E-state index contributed by atoms with van der Waals surface area (Å²) in [5.41, 5.74) is 8.43. The highest BCUT2D eigenvalue weighted by Gasteiger charge is 2.25. The maximum absolute atomic E-state index is 14.3. The number of amides is 1. The van der Waals surface area contributed by atoms with Gasteiger partial charge in [0, 0.05) is 30.2 Å². The fraction of sp³-hybridized carbons (Fsp3) is 0.156. The van der Waals surface area contributed by atoms with Crippen molar-refractivity contribution in [2.75, 3.05) is 0 Å². The number of hydrogen-bond donors (Lipinski definition) is 1. The Morgan fingerprint density at radius 2 is 1.67 bits per heavy atom. The second kappa shape index (κ2) is 11.2. The monoisotopic (exact) mass is 582 g/mol. The Hall–Kier alpha value is -5.32. The van der Waals surface area contributed by atoms with E-state index in [9.17, 15) is 22.8 Å². The summed E-state index contributed by atoms with van der Waals surface area (Å²) in [4.78, 5) is 34.7. The van der Waals surface area contributed by atoms with E-state index in [1.54, 1.807) is 34.3 Å². The van der Waals surface area contributed by atoms with Crippen LogP contribution in [0, 0.1) is 24.4 Å². The maximum atomic E-state index is 14.3. The first-order valence-corrected chi connectivity index (χ1v) is 13.5. The molecule has 0 saturated carbocycles. The number of fused-ring (bicyclic) bond motifs is 3. The highest BCUT2D eigenvalue weighted by Crippen LogP contribution is 2.34. The lowest BCUT2D eigenvalue weighted by atomic mass is 9.86. The van der Waals surface area contributed by atoms with Crippen molar-refractivity contribution >= 4 is 28.5 Å². The number of halogens is 3. The third-order valence-corrected chi connectivity index (χ3v) is 7.32. The van der Waals surface area contributed by atoms with E-state index < -0.39 is 29.3 Å². The van der Waals surface area contributed by atoms with E-state index in [4.69, 9.17) is 5.73 Å². The largest absolute Gasteiger partial charge is 0.366 e. The molecule has 216 valence electrons. The molecular formula is C32H25F3N6O2. The van der Waals surface area contributed by atoms with Gasteiger partial charge < -0.3 is 10.3 Å². The van der Waals surface area contributed by atoms with Crippen LogP contribution in [0.4, 0.5) is 13.2 Å². The van der Waals surface area contributed by atoms with Crippen LogP contribution in [0.15, 0.2) is 79.0 Å². The molecule has 1 amide bonds. The average molecular weight is 583 g/mol. The van der Waals surface area contributed by atoms with Gasteiger partial charge in [0.25, 0.3) is 5.91 Å². The molecule has 3 aromatic heterocycles. The molecule has 2 N–H and O–H groups in total. The lowest BCUT2D eigenvalue weighted by Crippen LogP contribution is -2.17. The fourth-order valence-electron chi connectivity index (χ4n) is 5.54. The van der Waals surface area contributed by atoms with Crippen LogP contribution in [0.3, 0.4) is 0 Å². The van der Waals surface area contributed by atoms with E-state index in [-0.39, 0.29) is 30.7 Å². The van der Waals surface area contributed by atoms with Gasteiger partial charge in [-0.2, -0.15) is 9.50 Å². The SMILES string of the molecule is Cc1nc2n(CC(=O)C[C@@H](Cc3cc(F)cc(F)c3)c3ncccc3-c3ccc(F)c(C(N)=O)c3)c3ccccc3n2n1. The van der Waals surface area contributed by atoms with Crippen molar-refractivity contribution in [3.63, 3.8) is 0 Å². The zero-order chi connectivity index (χ0) is 30.2. The Morgan fingerprint density at radius 3 is 2.42 bits per heavy atom. The molecule has 0 aliphatic rings. The zero-order valence-electron chi connectivity index (χ0n) is 23.0. The Labute approximate surface area is 243 Å². The van der Waals surface area contributed by atoms with Crippen LogP contribution in [-0.4, -0.2) is 35.8 Å². The van der Waals surface area contributed by atoms with E-state index in [1.165, 1.54) is 24.3 Å². The Kier molecular flexibility index (Phi) is 7.22. The van der Waals surface area contributed by atoms with Gasteiger partial charge in [0.2, 0.25) is 5.78 Å². The highest BCUT2D eigenvalue weighted by molar-refractivity contribution is 5.94. The van der Waals surface area contributed by atoms with Crippen LogP contribution >= 0.6 is 0 Å². The number of aryl methyl sites for hydroxylation is 1. The number of pyridine rings is 1.